The number of alkyl halides is 3. The number of hydrazine groups is 1. The molecule has 32 heavy (non-hydrogen) atoms. The van der Waals surface area contributed by atoms with Gasteiger partial charge >= 0.3 is 12.1 Å². The van der Waals surface area contributed by atoms with Crippen LogP contribution < -0.4 is 10.7 Å². The van der Waals surface area contributed by atoms with E-state index in [1.165, 1.54) is 4.90 Å². The summed E-state index contributed by atoms with van der Waals surface area (Å²) in [6.45, 7) is 5.63. The second-order valence-corrected chi connectivity index (χ2v) is 9.96. The lowest BCUT2D eigenvalue weighted by atomic mass is 9.89. The number of thioether (sulfide) groups is 1. The van der Waals surface area contributed by atoms with Crippen LogP contribution in [0.2, 0.25) is 0 Å². The van der Waals surface area contributed by atoms with Gasteiger partial charge in [0, 0.05) is 36.3 Å². The average molecular weight is 481 g/mol. The molecule has 0 radical (unpaired) electrons. The first-order valence-corrected chi connectivity index (χ1v) is 11.4. The van der Waals surface area contributed by atoms with Gasteiger partial charge in [0.2, 0.25) is 11.5 Å². The van der Waals surface area contributed by atoms with Gasteiger partial charge in [0.25, 0.3) is 0 Å². The van der Waals surface area contributed by atoms with Gasteiger partial charge in [-0.25, -0.2) is 9.69 Å². The summed E-state index contributed by atoms with van der Waals surface area (Å²) < 4.78 is 41.9. The van der Waals surface area contributed by atoms with Gasteiger partial charge in [0.1, 0.15) is 6.04 Å². The van der Waals surface area contributed by atoms with E-state index in [1.807, 2.05) is 26.8 Å². The van der Waals surface area contributed by atoms with Crippen molar-refractivity contribution in [3.63, 3.8) is 0 Å². The summed E-state index contributed by atoms with van der Waals surface area (Å²) in [6.07, 6.45) is -2.62. The van der Waals surface area contributed by atoms with Crippen molar-refractivity contribution in [1.29, 1.82) is 5.26 Å². The molecule has 2 aliphatic rings. The number of hydroxylamine groups is 1. The second kappa shape index (κ2) is 11.0. The molecule has 1 aliphatic carbocycles. The van der Waals surface area contributed by atoms with Crippen molar-refractivity contribution in [2.45, 2.75) is 76.3 Å². The van der Waals surface area contributed by atoms with Crippen LogP contribution in [0.15, 0.2) is 0 Å². The molecule has 2 rings (SSSR count). The smallest absolute Gasteiger partial charge is 0.491 e. The summed E-state index contributed by atoms with van der Waals surface area (Å²) in [4.78, 5) is 24.6. The molecule has 13 heteroatoms. The van der Waals surface area contributed by atoms with Crippen LogP contribution in [-0.2, 0) is 14.3 Å². The highest BCUT2D eigenvalue weighted by Gasteiger charge is 2.45. The molecule has 1 saturated carbocycles. The molecular formula is C19H29F3N5O4S-. The maximum absolute atomic E-state index is 12.5. The number of carbonyl (C=O) groups is 2. The van der Waals surface area contributed by atoms with Gasteiger partial charge in [-0.2, -0.15) is 18.4 Å². The van der Waals surface area contributed by atoms with Crippen molar-refractivity contribution in [3.05, 3.63) is 5.21 Å². The highest BCUT2D eigenvalue weighted by Crippen LogP contribution is 2.31. The van der Waals surface area contributed by atoms with E-state index in [9.17, 15) is 33.2 Å². The molecule has 2 fully saturated rings. The highest BCUT2D eigenvalue weighted by molar-refractivity contribution is 8.00. The number of nitriles is 1. The number of hydrogen-bond acceptors (Lipinski definition) is 9. The first-order chi connectivity index (χ1) is 14.8. The Morgan fingerprint density at radius 1 is 1.25 bits per heavy atom. The lowest BCUT2D eigenvalue weighted by Gasteiger charge is -2.42. The standard InChI is InChI=1S/C19H29F3N5O4S/c1-18(2,3)15(28)25-12-4-6-13(7-5-12)27(30)24-8-9-26-14(10-23)11-32-17(26)31-16(29)19(20,21)22/h12-14,17,24H,4-9,11H2,1-3H3,(H,25,28)/q-1. The van der Waals surface area contributed by atoms with Crippen molar-refractivity contribution < 1.29 is 27.5 Å². The van der Waals surface area contributed by atoms with Crippen molar-refractivity contribution in [2.75, 3.05) is 18.8 Å². The van der Waals surface area contributed by atoms with Crippen LogP contribution in [0.25, 0.3) is 0 Å². The molecule has 2 unspecified atom stereocenters. The third-order valence-electron chi connectivity index (χ3n) is 5.34. The fourth-order valence-corrected chi connectivity index (χ4v) is 4.63. The Morgan fingerprint density at radius 3 is 2.41 bits per heavy atom. The van der Waals surface area contributed by atoms with E-state index in [2.05, 4.69) is 15.5 Å². The molecule has 0 aromatic rings. The van der Waals surface area contributed by atoms with E-state index in [1.54, 1.807) is 0 Å². The molecule has 0 aromatic carbocycles. The zero-order chi connectivity index (χ0) is 24.1. The Balaban J connectivity index is 1.77. The Morgan fingerprint density at radius 2 is 1.88 bits per heavy atom. The maximum Gasteiger partial charge on any atom is 0.491 e. The van der Waals surface area contributed by atoms with Gasteiger partial charge in [0.15, 0.2) is 0 Å². The van der Waals surface area contributed by atoms with Crippen LogP contribution in [0.4, 0.5) is 13.2 Å². The van der Waals surface area contributed by atoms with E-state index >= 15 is 0 Å². The molecular weight excluding hydrogens is 451 g/mol. The third kappa shape index (κ3) is 7.48. The molecule has 1 heterocycles. The summed E-state index contributed by atoms with van der Waals surface area (Å²) in [5.41, 5.74) is 0.955. The lowest BCUT2D eigenvalue weighted by Crippen LogP contribution is -2.50. The first kappa shape index (κ1) is 26.7. The van der Waals surface area contributed by atoms with Crippen LogP contribution in [0.3, 0.4) is 0 Å². The molecule has 9 nitrogen and oxygen atoms in total. The van der Waals surface area contributed by atoms with E-state index < -0.39 is 29.2 Å². The Hall–Kier alpha value is -1.59. The van der Waals surface area contributed by atoms with E-state index in [0.717, 1.165) is 16.9 Å². The zero-order valence-electron chi connectivity index (χ0n) is 18.3. The first-order valence-electron chi connectivity index (χ1n) is 10.4. The van der Waals surface area contributed by atoms with Crippen LogP contribution >= 0.6 is 11.8 Å². The highest BCUT2D eigenvalue weighted by atomic mass is 32.2. The van der Waals surface area contributed by atoms with Crippen LogP contribution in [-0.4, -0.2) is 70.7 Å². The predicted molar refractivity (Wildman–Crippen MR) is 111 cm³/mol. The second-order valence-electron chi connectivity index (χ2n) is 8.89. The van der Waals surface area contributed by atoms with Crippen molar-refractivity contribution >= 4 is 23.6 Å². The Labute approximate surface area is 189 Å². The van der Waals surface area contributed by atoms with Crippen molar-refractivity contribution in [1.82, 2.24) is 20.8 Å². The number of nitrogens with one attached hydrogen (secondary N) is 2. The fraction of sp³-hybridized carbons (Fsp3) is 0.842. The maximum atomic E-state index is 12.5. The van der Waals surface area contributed by atoms with Gasteiger partial charge in [-0.1, -0.05) is 32.5 Å². The van der Waals surface area contributed by atoms with Crippen LogP contribution in [0.1, 0.15) is 46.5 Å². The summed E-state index contributed by atoms with van der Waals surface area (Å²) >= 11 is 0.927. The SMILES string of the molecule is CC(C)(C)C(=O)NC1CCC(N([O-])NCCN2C(C#N)CSC2OC(=O)C(F)(F)F)CC1. The largest absolute Gasteiger partial charge is 0.771 e. The van der Waals surface area contributed by atoms with Crippen LogP contribution in [0, 0.1) is 22.0 Å². The predicted octanol–water partition coefficient (Wildman–Crippen LogP) is 2.09. The van der Waals surface area contributed by atoms with Gasteiger partial charge in [0.05, 0.1) is 6.07 Å². The minimum absolute atomic E-state index is 0.0217. The van der Waals surface area contributed by atoms with E-state index in [0.29, 0.717) is 25.7 Å². The molecule has 2 N–H and O–H groups in total. The third-order valence-corrected chi connectivity index (χ3v) is 6.50. The van der Waals surface area contributed by atoms with Gasteiger partial charge in [-0.05, 0) is 25.7 Å². The minimum atomic E-state index is -5.12. The Bertz CT molecular complexity index is 705. The summed E-state index contributed by atoms with van der Waals surface area (Å²) in [5.74, 6) is -2.15. The summed E-state index contributed by atoms with van der Waals surface area (Å²) in [6, 6.07) is 0.967. The summed E-state index contributed by atoms with van der Waals surface area (Å²) in [7, 11) is 0. The minimum Gasteiger partial charge on any atom is -0.771 e. The molecule has 0 bridgehead atoms. The van der Waals surface area contributed by atoms with E-state index in [-0.39, 0.29) is 36.8 Å². The summed E-state index contributed by atoms with van der Waals surface area (Å²) in [5, 5.41) is 25.3. The van der Waals surface area contributed by atoms with Gasteiger partial charge < -0.3 is 20.4 Å². The number of nitrogens with zero attached hydrogens (tertiary/aromatic N) is 3. The molecule has 0 spiro atoms. The van der Waals surface area contributed by atoms with Crippen molar-refractivity contribution in [3.8, 4) is 6.07 Å². The number of hydrogen-bond donors (Lipinski definition) is 2. The van der Waals surface area contributed by atoms with Gasteiger partial charge in [-0.3, -0.25) is 10.2 Å². The lowest BCUT2D eigenvalue weighted by molar-refractivity contribution is -0.206. The molecule has 2 atom stereocenters. The average Bonchev–Trinajstić information content (AvgIpc) is 3.08. The molecule has 182 valence electrons. The molecule has 1 aliphatic heterocycles. The normalized spacial score (nSPS) is 27.2. The fourth-order valence-electron chi connectivity index (χ4n) is 3.42. The van der Waals surface area contributed by atoms with Crippen LogP contribution in [0.5, 0.6) is 0 Å². The van der Waals surface area contributed by atoms with Crippen molar-refractivity contribution in [2.24, 2.45) is 5.41 Å². The number of carbonyl (C=O) groups excluding carboxylic acids is 2. The molecule has 0 aromatic heterocycles. The zero-order valence-corrected chi connectivity index (χ0v) is 19.1. The molecule has 1 amide bonds. The number of amides is 1. The number of rotatable bonds is 7. The number of halogens is 3. The quantitative estimate of drug-likeness (QED) is 0.417. The van der Waals surface area contributed by atoms with Gasteiger partial charge in [-0.15, -0.1) is 0 Å². The topological polar surface area (TPSA) is 121 Å². The van der Waals surface area contributed by atoms with E-state index in [4.69, 9.17) is 0 Å². The number of ether oxygens (including phenoxy) is 1. The monoisotopic (exact) mass is 480 g/mol. The number of esters is 1. The Kier molecular flexibility index (Phi) is 9.18. The molecule has 1 saturated heterocycles.